The summed E-state index contributed by atoms with van der Waals surface area (Å²) in [6.45, 7) is 1.62. The zero-order valence-corrected chi connectivity index (χ0v) is 17.7. The van der Waals surface area contributed by atoms with Gasteiger partial charge in [-0.1, -0.05) is 11.8 Å². The second-order valence-corrected chi connectivity index (χ2v) is 8.16. The number of nitrogens with zero attached hydrogens (tertiary/aromatic N) is 6. The lowest BCUT2D eigenvalue weighted by Gasteiger charge is -2.11. The first kappa shape index (κ1) is 21.5. The molecule has 4 rings (SSSR count). The maximum absolute atomic E-state index is 13.6. The van der Waals surface area contributed by atoms with E-state index < -0.39 is 11.9 Å². The van der Waals surface area contributed by atoms with E-state index in [-0.39, 0.29) is 18.7 Å². The number of hydrogen-bond acceptors (Lipinski definition) is 7. The summed E-state index contributed by atoms with van der Waals surface area (Å²) in [4.78, 5) is 1.22. The van der Waals surface area contributed by atoms with E-state index in [4.69, 9.17) is 5.11 Å². The summed E-state index contributed by atoms with van der Waals surface area (Å²) >= 11 is 1.25. The van der Waals surface area contributed by atoms with Gasteiger partial charge in [-0.15, -0.1) is 0 Å². The molecule has 0 spiro atoms. The smallest absolute Gasteiger partial charge is 0.124 e. The van der Waals surface area contributed by atoms with Gasteiger partial charge in [-0.3, -0.25) is 4.68 Å². The van der Waals surface area contributed by atoms with Crippen molar-refractivity contribution in [1.29, 1.82) is 10.5 Å². The number of nitriles is 2. The highest BCUT2D eigenvalue weighted by molar-refractivity contribution is 7.99. The van der Waals surface area contributed by atoms with Crippen molar-refractivity contribution < 1.29 is 14.6 Å². The average molecular weight is 448 g/mol. The molecule has 3 aromatic heterocycles. The summed E-state index contributed by atoms with van der Waals surface area (Å²) in [5, 5.41) is 46.4. The first-order valence-electron chi connectivity index (χ1n) is 9.55. The van der Waals surface area contributed by atoms with E-state index in [0.717, 1.165) is 16.8 Å². The molecular formula is C22H17FN6O2S. The molecule has 0 amide bonds. The fraction of sp³-hybridized carbons (Fsp3) is 0.182. The van der Waals surface area contributed by atoms with Crippen molar-refractivity contribution in [3.8, 4) is 23.3 Å². The fourth-order valence-electron chi connectivity index (χ4n) is 3.36. The number of fused-ring (bicyclic) bond motifs is 1. The number of benzene rings is 1. The van der Waals surface area contributed by atoms with E-state index in [1.54, 1.807) is 21.6 Å². The SMILES string of the molecule is Cc1c(-c2cc(Sc3ccc(F)cc3C#N)c3c(C#N)cnn3c2)cnn1C[C@@H](O)CO. The van der Waals surface area contributed by atoms with Gasteiger partial charge in [0.15, 0.2) is 0 Å². The van der Waals surface area contributed by atoms with Gasteiger partial charge >= 0.3 is 0 Å². The van der Waals surface area contributed by atoms with E-state index in [1.807, 2.05) is 19.1 Å². The number of aromatic nitrogens is 4. The van der Waals surface area contributed by atoms with Gasteiger partial charge in [-0.05, 0) is 31.2 Å². The molecule has 0 unspecified atom stereocenters. The molecule has 4 aromatic rings. The Morgan fingerprint density at radius 3 is 2.62 bits per heavy atom. The molecule has 0 saturated heterocycles. The highest BCUT2D eigenvalue weighted by Crippen LogP contribution is 2.37. The molecular weight excluding hydrogens is 431 g/mol. The minimum absolute atomic E-state index is 0.146. The topological polar surface area (TPSA) is 123 Å². The predicted molar refractivity (Wildman–Crippen MR) is 114 cm³/mol. The predicted octanol–water partition coefficient (Wildman–Crippen LogP) is 2.89. The largest absolute Gasteiger partial charge is 0.394 e. The molecule has 0 bridgehead atoms. The van der Waals surface area contributed by atoms with Gasteiger partial charge in [0.25, 0.3) is 0 Å². The summed E-state index contributed by atoms with van der Waals surface area (Å²) in [6, 6.07) is 9.98. The highest BCUT2D eigenvalue weighted by atomic mass is 32.2. The zero-order chi connectivity index (χ0) is 22.8. The van der Waals surface area contributed by atoms with Crippen molar-refractivity contribution in [3.63, 3.8) is 0 Å². The molecule has 32 heavy (non-hydrogen) atoms. The van der Waals surface area contributed by atoms with Crippen LogP contribution in [0.5, 0.6) is 0 Å². The van der Waals surface area contributed by atoms with Gasteiger partial charge < -0.3 is 10.2 Å². The third-order valence-corrected chi connectivity index (χ3v) is 6.09. The van der Waals surface area contributed by atoms with Crippen LogP contribution in [0, 0.1) is 35.4 Å². The van der Waals surface area contributed by atoms with E-state index in [2.05, 4.69) is 16.3 Å². The molecule has 0 saturated carbocycles. The van der Waals surface area contributed by atoms with Crippen molar-refractivity contribution in [3.05, 3.63) is 65.5 Å². The summed E-state index contributed by atoms with van der Waals surface area (Å²) in [7, 11) is 0. The van der Waals surface area contributed by atoms with Crippen LogP contribution in [-0.2, 0) is 6.54 Å². The molecule has 10 heteroatoms. The van der Waals surface area contributed by atoms with Crippen LogP contribution >= 0.6 is 11.8 Å². The number of hydrogen-bond donors (Lipinski definition) is 2. The van der Waals surface area contributed by atoms with Gasteiger partial charge in [-0.2, -0.15) is 20.7 Å². The van der Waals surface area contributed by atoms with Crippen LogP contribution in [0.4, 0.5) is 4.39 Å². The lowest BCUT2D eigenvalue weighted by molar-refractivity contribution is 0.0777. The van der Waals surface area contributed by atoms with Gasteiger partial charge in [0.1, 0.15) is 18.0 Å². The lowest BCUT2D eigenvalue weighted by Crippen LogP contribution is -2.21. The third-order valence-electron chi connectivity index (χ3n) is 4.99. The Balaban J connectivity index is 1.84. The highest BCUT2D eigenvalue weighted by Gasteiger charge is 2.18. The van der Waals surface area contributed by atoms with Crippen molar-refractivity contribution in [2.24, 2.45) is 0 Å². The minimum Gasteiger partial charge on any atom is -0.394 e. The van der Waals surface area contributed by atoms with Crippen LogP contribution in [0.2, 0.25) is 0 Å². The number of pyridine rings is 1. The minimum atomic E-state index is -0.928. The van der Waals surface area contributed by atoms with Crippen molar-refractivity contribution >= 4 is 17.3 Å². The Morgan fingerprint density at radius 1 is 1.12 bits per heavy atom. The quantitative estimate of drug-likeness (QED) is 0.465. The van der Waals surface area contributed by atoms with Crippen LogP contribution in [0.25, 0.3) is 16.6 Å². The Kier molecular flexibility index (Phi) is 5.93. The molecule has 160 valence electrons. The molecule has 1 atom stereocenters. The Hall–Kier alpha value is -3.70. The summed E-state index contributed by atoms with van der Waals surface area (Å²) in [6.07, 6.45) is 3.96. The van der Waals surface area contributed by atoms with Crippen molar-refractivity contribution in [2.75, 3.05) is 6.61 Å². The Bertz CT molecular complexity index is 1400. The van der Waals surface area contributed by atoms with Gasteiger partial charge in [0.05, 0.1) is 48.3 Å². The maximum atomic E-state index is 13.6. The zero-order valence-electron chi connectivity index (χ0n) is 16.9. The van der Waals surface area contributed by atoms with E-state index >= 15 is 0 Å². The van der Waals surface area contributed by atoms with E-state index in [9.17, 15) is 20.0 Å². The van der Waals surface area contributed by atoms with E-state index in [1.165, 1.54) is 36.2 Å². The Labute approximate surface area is 186 Å². The first-order chi connectivity index (χ1) is 15.4. The molecule has 0 aliphatic heterocycles. The van der Waals surface area contributed by atoms with Crippen LogP contribution in [0.15, 0.2) is 52.6 Å². The molecule has 1 aromatic carbocycles. The molecule has 8 nitrogen and oxygen atoms in total. The van der Waals surface area contributed by atoms with Crippen LogP contribution in [0.1, 0.15) is 16.8 Å². The second kappa shape index (κ2) is 8.81. The Morgan fingerprint density at radius 2 is 1.91 bits per heavy atom. The lowest BCUT2D eigenvalue weighted by atomic mass is 10.1. The summed E-state index contributed by atoms with van der Waals surface area (Å²) in [5.41, 5.74) is 3.47. The number of rotatable bonds is 6. The third kappa shape index (κ3) is 3.95. The average Bonchev–Trinajstić information content (AvgIpc) is 3.38. The molecule has 0 fully saturated rings. The van der Waals surface area contributed by atoms with Gasteiger partial charge in [-0.25, -0.2) is 8.91 Å². The molecule has 2 N–H and O–H groups in total. The normalized spacial score (nSPS) is 11.9. The van der Waals surface area contributed by atoms with Crippen molar-refractivity contribution in [1.82, 2.24) is 19.4 Å². The van der Waals surface area contributed by atoms with Crippen LogP contribution < -0.4 is 0 Å². The first-order valence-corrected chi connectivity index (χ1v) is 10.4. The van der Waals surface area contributed by atoms with Gasteiger partial charge in [0.2, 0.25) is 0 Å². The number of aliphatic hydroxyl groups is 2. The molecule has 3 heterocycles. The number of halogens is 1. The van der Waals surface area contributed by atoms with Crippen LogP contribution in [0.3, 0.4) is 0 Å². The second-order valence-electron chi connectivity index (χ2n) is 7.07. The standard InChI is InChI=1S/C22H17FN6O2S/c1-13-19(9-27-28(13)11-18(31)12-30)15-5-21(22-16(7-25)8-26-29(22)10-15)32-20-3-2-17(23)4-14(20)6-24/h2-5,8-10,18,30-31H,11-12H2,1H3/t18-/m1/s1. The van der Waals surface area contributed by atoms with E-state index in [0.29, 0.717) is 20.9 Å². The molecule has 0 radical (unpaired) electrons. The summed E-state index contributed by atoms with van der Waals surface area (Å²) < 4.78 is 16.8. The maximum Gasteiger partial charge on any atom is 0.124 e. The molecule has 0 aliphatic carbocycles. The monoisotopic (exact) mass is 448 g/mol. The van der Waals surface area contributed by atoms with Crippen molar-refractivity contribution in [2.45, 2.75) is 29.4 Å². The van der Waals surface area contributed by atoms with Crippen LogP contribution in [-0.4, -0.2) is 42.3 Å². The summed E-state index contributed by atoms with van der Waals surface area (Å²) in [5.74, 6) is -0.500. The number of aliphatic hydroxyl groups excluding tert-OH is 2. The van der Waals surface area contributed by atoms with Gasteiger partial charge in [0, 0.05) is 32.8 Å². The fourth-order valence-corrected chi connectivity index (χ4v) is 4.43. The molecule has 0 aliphatic rings.